The van der Waals surface area contributed by atoms with Gasteiger partial charge in [-0.05, 0) is 43.4 Å². The number of carbonyl (C=O) groups is 1. The molecule has 0 bridgehead atoms. The van der Waals surface area contributed by atoms with Gasteiger partial charge in [-0.3, -0.25) is 9.69 Å². The van der Waals surface area contributed by atoms with E-state index in [2.05, 4.69) is 16.3 Å². The van der Waals surface area contributed by atoms with E-state index in [1.807, 2.05) is 19.1 Å². The molecule has 0 saturated heterocycles. The van der Waals surface area contributed by atoms with Crippen molar-refractivity contribution >= 4 is 11.6 Å². The number of nitrogen functional groups attached to an aromatic ring is 1. The first-order chi connectivity index (χ1) is 10.1. The van der Waals surface area contributed by atoms with Crippen LogP contribution in [0.1, 0.15) is 43.7 Å². The van der Waals surface area contributed by atoms with Crippen molar-refractivity contribution in [3.05, 3.63) is 29.3 Å². The van der Waals surface area contributed by atoms with Crippen molar-refractivity contribution in [2.24, 2.45) is 0 Å². The van der Waals surface area contributed by atoms with Gasteiger partial charge in [-0.25, -0.2) is 0 Å². The second kappa shape index (κ2) is 6.06. The van der Waals surface area contributed by atoms with Crippen LogP contribution in [-0.2, 0) is 17.8 Å². The molecule has 1 fully saturated rings. The van der Waals surface area contributed by atoms with E-state index in [1.165, 1.54) is 24.0 Å². The number of amides is 1. The van der Waals surface area contributed by atoms with E-state index >= 15 is 0 Å². The Morgan fingerprint density at radius 1 is 1.38 bits per heavy atom. The van der Waals surface area contributed by atoms with Crippen molar-refractivity contribution in [1.29, 1.82) is 0 Å². The van der Waals surface area contributed by atoms with Crippen LogP contribution in [0.15, 0.2) is 18.2 Å². The summed E-state index contributed by atoms with van der Waals surface area (Å²) in [5.74, 6) is 0.175. The summed E-state index contributed by atoms with van der Waals surface area (Å²) in [7, 11) is 0. The number of nitrogens with one attached hydrogen (secondary N) is 1. The molecule has 0 aromatic heterocycles. The van der Waals surface area contributed by atoms with E-state index < -0.39 is 0 Å². The van der Waals surface area contributed by atoms with Gasteiger partial charge < -0.3 is 11.1 Å². The Labute approximate surface area is 126 Å². The van der Waals surface area contributed by atoms with Gasteiger partial charge in [0.25, 0.3) is 0 Å². The van der Waals surface area contributed by atoms with E-state index in [0.717, 1.165) is 38.0 Å². The number of hydrogen-bond donors (Lipinski definition) is 2. The quantitative estimate of drug-likeness (QED) is 0.837. The highest BCUT2D eigenvalue weighted by atomic mass is 16.2. The molecule has 4 heteroatoms. The van der Waals surface area contributed by atoms with Crippen molar-refractivity contribution in [3.8, 4) is 0 Å². The highest BCUT2D eigenvalue weighted by molar-refractivity contribution is 5.81. The molecule has 1 atom stereocenters. The van der Waals surface area contributed by atoms with E-state index in [9.17, 15) is 4.79 Å². The maximum absolute atomic E-state index is 12.4. The molecule has 1 amide bonds. The smallest absolute Gasteiger partial charge is 0.237 e. The molecule has 1 aromatic rings. The number of carbonyl (C=O) groups excluding carboxylic acids is 1. The average Bonchev–Trinajstić information content (AvgIpc) is 2.99. The summed E-state index contributed by atoms with van der Waals surface area (Å²) in [4.78, 5) is 14.7. The number of rotatable bonds is 3. The molecule has 3 rings (SSSR count). The second-order valence-electron chi connectivity index (χ2n) is 6.37. The molecule has 0 spiro atoms. The Kier molecular flexibility index (Phi) is 4.15. The van der Waals surface area contributed by atoms with E-state index in [1.54, 1.807) is 0 Å². The minimum atomic E-state index is -0.0693. The standard InChI is InChI=1S/C17H25N3O/c1-12(17(21)19-14-6-2-3-7-14)20-10-9-15-13(11-20)5-4-8-16(15)18/h4-5,8,12,14H,2-3,6-7,9-11,18H2,1H3,(H,19,21). The van der Waals surface area contributed by atoms with Crippen LogP contribution < -0.4 is 11.1 Å². The molecule has 3 N–H and O–H groups in total. The maximum Gasteiger partial charge on any atom is 0.237 e. The monoisotopic (exact) mass is 287 g/mol. The van der Waals surface area contributed by atoms with Crippen molar-refractivity contribution in [1.82, 2.24) is 10.2 Å². The summed E-state index contributed by atoms with van der Waals surface area (Å²) in [6.45, 7) is 3.74. The molecule has 114 valence electrons. The van der Waals surface area contributed by atoms with Crippen molar-refractivity contribution in [3.63, 3.8) is 0 Å². The first-order valence-corrected chi connectivity index (χ1v) is 8.06. The average molecular weight is 287 g/mol. The van der Waals surface area contributed by atoms with Gasteiger partial charge in [-0.15, -0.1) is 0 Å². The number of benzene rings is 1. The molecule has 1 aliphatic heterocycles. The summed E-state index contributed by atoms with van der Waals surface area (Å²) in [6.07, 6.45) is 5.70. The Morgan fingerprint density at radius 3 is 2.90 bits per heavy atom. The van der Waals surface area contributed by atoms with Crippen LogP contribution in [0.4, 0.5) is 5.69 Å². The van der Waals surface area contributed by atoms with Gasteiger partial charge in [0.1, 0.15) is 0 Å². The van der Waals surface area contributed by atoms with E-state index in [-0.39, 0.29) is 11.9 Å². The molecule has 2 aliphatic rings. The molecular weight excluding hydrogens is 262 g/mol. The van der Waals surface area contributed by atoms with Gasteiger partial charge in [-0.1, -0.05) is 25.0 Å². The fraction of sp³-hybridized carbons (Fsp3) is 0.588. The van der Waals surface area contributed by atoms with Gasteiger partial charge in [-0.2, -0.15) is 0 Å². The summed E-state index contributed by atoms with van der Waals surface area (Å²) in [5.41, 5.74) is 9.45. The minimum Gasteiger partial charge on any atom is -0.398 e. The van der Waals surface area contributed by atoms with Crippen LogP contribution in [0.25, 0.3) is 0 Å². The lowest BCUT2D eigenvalue weighted by atomic mass is 9.97. The molecule has 1 aliphatic carbocycles. The first-order valence-electron chi connectivity index (χ1n) is 8.06. The predicted octanol–water partition coefficient (Wildman–Crippen LogP) is 2.07. The third kappa shape index (κ3) is 3.05. The highest BCUT2D eigenvalue weighted by Crippen LogP contribution is 2.25. The molecule has 1 aromatic carbocycles. The van der Waals surface area contributed by atoms with Crippen LogP contribution in [-0.4, -0.2) is 29.4 Å². The van der Waals surface area contributed by atoms with Crippen LogP contribution in [0, 0.1) is 0 Å². The molecule has 1 heterocycles. The zero-order chi connectivity index (χ0) is 14.8. The number of hydrogen-bond acceptors (Lipinski definition) is 3. The van der Waals surface area contributed by atoms with Gasteiger partial charge >= 0.3 is 0 Å². The summed E-state index contributed by atoms with van der Waals surface area (Å²) < 4.78 is 0. The fourth-order valence-corrected chi connectivity index (χ4v) is 3.55. The largest absolute Gasteiger partial charge is 0.398 e. The van der Waals surface area contributed by atoms with Crippen LogP contribution >= 0.6 is 0 Å². The van der Waals surface area contributed by atoms with Gasteiger partial charge in [0.2, 0.25) is 5.91 Å². The second-order valence-corrected chi connectivity index (χ2v) is 6.37. The SMILES string of the molecule is CC(C(=O)NC1CCCC1)N1CCc2c(N)cccc2C1. The molecule has 21 heavy (non-hydrogen) atoms. The summed E-state index contributed by atoms with van der Waals surface area (Å²) in [6, 6.07) is 6.42. The van der Waals surface area contributed by atoms with Crippen LogP contribution in [0.5, 0.6) is 0 Å². The third-order valence-corrected chi connectivity index (χ3v) is 4.96. The van der Waals surface area contributed by atoms with Crippen molar-refractivity contribution in [2.75, 3.05) is 12.3 Å². The lowest BCUT2D eigenvalue weighted by molar-refractivity contribution is -0.126. The van der Waals surface area contributed by atoms with Crippen molar-refractivity contribution < 1.29 is 4.79 Å². The maximum atomic E-state index is 12.4. The highest BCUT2D eigenvalue weighted by Gasteiger charge is 2.27. The predicted molar refractivity (Wildman–Crippen MR) is 84.8 cm³/mol. The molecule has 1 unspecified atom stereocenters. The molecule has 0 radical (unpaired) electrons. The summed E-state index contributed by atoms with van der Waals surface area (Å²) in [5, 5.41) is 3.21. The van der Waals surface area contributed by atoms with Crippen LogP contribution in [0.2, 0.25) is 0 Å². The fourth-order valence-electron chi connectivity index (χ4n) is 3.55. The van der Waals surface area contributed by atoms with E-state index in [4.69, 9.17) is 5.73 Å². The first kappa shape index (κ1) is 14.4. The third-order valence-electron chi connectivity index (χ3n) is 4.96. The Hall–Kier alpha value is -1.55. The Morgan fingerprint density at radius 2 is 2.14 bits per heavy atom. The summed E-state index contributed by atoms with van der Waals surface area (Å²) >= 11 is 0. The molecular formula is C17H25N3O. The number of fused-ring (bicyclic) bond motifs is 1. The van der Waals surface area contributed by atoms with Crippen LogP contribution in [0.3, 0.4) is 0 Å². The Bertz CT molecular complexity index is 523. The Balaban J connectivity index is 1.63. The molecule has 1 saturated carbocycles. The van der Waals surface area contributed by atoms with Gasteiger partial charge in [0.15, 0.2) is 0 Å². The lowest BCUT2D eigenvalue weighted by Crippen LogP contribution is -2.49. The zero-order valence-corrected chi connectivity index (χ0v) is 12.8. The minimum absolute atomic E-state index is 0.0693. The normalized spacial score (nSPS) is 21.0. The number of nitrogens with two attached hydrogens (primary N) is 1. The topological polar surface area (TPSA) is 58.4 Å². The van der Waals surface area contributed by atoms with Crippen molar-refractivity contribution in [2.45, 2.75) is 57.7 Å². The van der Waals surface area contributed by atoms with Gasteiger partial charge in [0, 0.05) is 24.8 Å². The molecule has 4 nitrogen and oxygen atoms in total. The number of anilines is 1. The lowest BCUT2D eigenvalue weighted by Gasteiger charge is -2.34. The van der Waals surface area contributed by atoms with Gasteiger partial charge in [0.05, 0.1) is 6.04 Å². The van der Waals surface area contributed by atoms with E-state index in [0.29, 0.717) is 6.04 Å². The zero-order valence-electron chi connectivity index (χ0n) is 12.8. The number of nitrogens with zero attached hydrogens (tertiary/aromatic N) is 1.